The van der Waals surface area contributed by atoms with Gasteiger partial charge in [-0.05, 0) is 57.8 Å². The number of carbonyl (C=O) groups is 1. The summed E-state index contributed by atoms with van der Waals surface area (Å²) in [4.78, 5) is 29.0. The molecule has 210 valence electrons. The molecule has 10 nitrogen and oxygen atoms in total. The maximum Gasteiger partial charge on any atom is 0.409 e. The van der Waals surface area contributed by atoms with Crippen LogP contribution in [0.25, 0.3) is 11.2 Å². The molecule has 2 saturated carbocycles. The van der Waals surface area contributed by atoms with E-state index in [2.05, 4.69) is 22.1 Å². The van der Waals surface area contributed by atoms with Crippen LogP contribution in [0.15, 0.2) is 6.33 Å². The van der Waals surface area contributed by atoms with Gasteiger partial charge in [-0.1, -0.05) is 39.0 Å². The van der Waals surface area contributed by atoms with E-state index in [1.54, 1.807) is 0 Å². The Bertz CT molecular complexity index is 1040. The maximum absolute atomic E-state index is 12.5. The minimum absolute atomic E-state index is 0.182. The number of ether oxygens (including phenoxy) is 1. The van der Waals surface area contributed by atoms with Crippen molar-refractivity contribution in [3.8, 4) is 0 Å². The number of fused-ring (bicyclic) bond motifs is 1. The molecule has 0 spiro atoms. The first-order valence-electron chi connectivity index (χ1n) is 15.1. The number of nitrogens with one attached hydrogen (secondary N) is 2. The Balaban J connectivity index is 1.24. The first-order valence-corrected chi connectivity index (χ1v) is 15.1. The standard InChI is InChI=1S/C28H46N8O2/c1-2-3-4-7-18-38-28(37)35-16-14-22(15-17-35)31-25-24-26(36(19-30-24)23-8-5-6-9-23)34-27(33-25)32-21-12-10-20(29)11-13-21/h19-23H,2-18,29H2,1H3,(H2,31,32,33,34)/t20-,21-. The second-order valence-corrected chi connectivity index (χ2v) is 11.5. The molecule has 1 amide bonds. The molecule has 0 radical (unpaired) electrons. The molecular formula is C28H46N8O2. The van der Waals surface area contributed by atoms with Gasteiger partial charge in [0.05, 0.1) is 12.9 Å². The number of hydrogen-bond acceptors (Lipinski definition) is 8. The van der Waals surface area contributed by atoms with E-state index in [0.717, 1.165) is 68.3 Å². The van der Waals surface area contributed by atoms with E-state index in [9.17, 15) is 4.79 Å². The fourth-order valence-electron chi connectivity index (χ4n) is 6.16. The summed E-state index contributed by atoms with van der Waals surface area (Å²) in [6.45, 7) is 4.07. The van der Waals surface area contributed by atoms with Gasteiger partial charge in [-0.15, -0.1) is 0 Å². The van der Waals surface area contributed by atoms with Crippen molar-refractivity contribution in [1.29, 1.82) is 0 Å². The summed E-state index contributed by atoms with van der Waals surface area (Å²) in [6.07, 6.45) is 16.9. The Morgan fingerprint density at radius 1 is 0.974 bits per heavy atom. The van der Waals surface area contributed by atoms with Gasteiger partial charge in [0.25, 0.3) is 0 Å². The molecule has 0 aromatic carbocycles. The van der Waals surface area contributed by atoms with E-state index in [0.29, 0.717) is 43.8 Å². The number of nitrogens with zero attached hydrogens (tertiary/aromatic N) is 5. The number of rotatable bonds is 10. The first-order chi connectivity index (χ1) is 18.6. The smallest absolute Gasteiger partial charge is 0.409 e. The molecule has 1 aliphatic heterocycles. The molecule has 2 aliphatic carbocycles. The third kappa shape index (κ3) is 6.68. The van der Waals surface area contributed by atoms with Gasteiger partial charge in [0, 0.05) is 37.3 Å². The molecule has 1 saturated heterocycles. The van der Waals surface area contributed by atoms with E-state index < -0.39 is 0 Å². The average Bonchev–Trinajstić information content (AvgIpc) is 3.60. The van der Waals surface area contributed by atoms with Crippen LogP contribution in [0.1, 0.15) is 103 Å². The normalized spacial score (nSPS) is 23.2. The highest BCUT2D eigenvalue weighted by Crippen LogP contribution is 2.34. The van der Waals surface area contributed by atoms with Gasteiger partial charge >= 0.3 is 6.09 Å². The van der Waals surface area contributed by atoms with Gasteiger partial charge < -0.3 is 30.6 Å². The number of unbranched alkanes of at least 4 members (excludes halogenated alkanes) is 3. The van der Waals surface area contributed by atoms with Crippen LogP contribution < -0.4 is 16.4 Å². The molecule has 38 heavy (non-hydrogen) atoms. The predicted molar refractivity (Wildman–Crippen MR) is 150 cm³/mol. The van der Waals surface area contributed by atoms with E-state index in [-0.39, 0.29) is 12.1 Å². The Hall–Kier alpha value is -2.62. The van der Waals surface area contributed by atoms with E-state index >= 15 is 0 Å². The van der Waals surface area contributed by atoms with Crippen LogP contribution in [0.5, 0.6) is 0 Å². The Morgan fingerprint density at radius 3 is 2.45 bits per heavy atom. The summed E-state index contributed by atoms with van der Waals surface area (Å²) in [5, 5.41) is 7.28. The summed E-state index contributed by atoms with van der Waals surface area (Å²) in [6, 6.07) is 1.33. The van der Waals surface area contributed by atoms with Crippen LogP contribution in [0.4, 0.5) is 16.6 Å². The zero-order valence-corrected chi connectivity index (χ0v) is 23.0. The van der Waals surface area contributed by atoms with Crippen LogP contribution in [0.2, 0.25) is 0 Å². The topological polar surface area (TPSA) is 123 Å². The molecule has 0 unspecified atom stereocenters. The van der Waals surface area contributed by atoms with Crippen LogP contribution in [0.3, 0.4) is 0 Å². The van der Waals surface area contributed by atoms with Crippen LogP contribution in [-0.4, -0.2) is 68.3 Å². The lowest BCUT2D eigenvalue weighted by atomic mass is 9.92. The highest BCUT2D eigenvalue weighted by Gasteiger charge is 2.27. The number of likely N-dealkylation sites (tertiary alicyclic amines) is 1. The van der Waals surface area contributed by atoms with Crippen molar-refractivity contribution in [2.75, 3.05) is 30.3 Å². The van der Waals surface area contributed by atoms with Crippen LogP contribution >= 0.6 is 0 Å². The minimum Gasteiger partial charge on any atom is -0.449 e. The molecule has 2 aromatic rings. The number of anilines is 2. The van der Waals surface area contributed by atoms with Gasteiger partial charge in [-0.25, -0.2) is 9.78 Å². The van der Waals surface area contributed by atoms with Crippen molar-refractivity contribution in [3.05, 3.63) is 6.33 Å². The number of nitrogens with two attached hydrogens (primary N) is 1. The van der Waals surface area contributed by atoms with E-state index in [1.165, 1.54) is 38.5 Å². The fraction of sp³-hybridized carbons (Fsp3) is 0.786. The molecule has 0 atom stereocenters. The SMILES string of the molecule is CCCCCCOC(=O)N1CCC(Nc2nc(N[C@H]3CC[C@H](N)CC3)nc3c2ncn3C2CCCC2)CC1. The Labute approximate surface area is 226 Å². The lowest BCUT2D eigenvalue weighted by molar-refractivity contribution is 0.0923. The molecular weight excluding hydrogens is 480 g/mol. The fourth-order valence-corrected chi connectivity index (χ4v) is 6.16. The zero-order chi connectivity index (χ0) is 26.3. The maximum atomic E-state index is 12.5. The summed E-state index contributed by atoms with van der Waals surface area (Å²) in [5.41, 5.74) is 7.87. The van der Waals surface area contributed by atoms with Crippen molar-refractivity contribution < 1.29 is 9.53 Å². The van der Waals surface area contributed by atoms with Crippen molar-refractivity contribution >= 4 is 29.0 Å². The lowest BCUT2D eigenvalue weighted by Crippen LogP contribution is -2.42. The van der Waals surface area contributed by atoms with Crippen LogP contribution in [-0.2, 0) is 4.74 Å². The molecule has 3 heterocycles. The summed E-state index contributed by atoms with van der Waals surface area (Å²) >= 11 is 0. The molecule has 0 bridgehead atoms. The zero-order valence-electron chi connectivity index (χ0n) is 23.0. The molecule has 5 rings (SSSR count). The van der Waals surface area contributed by atoms with Crippen LogP contribution in [0, 0.1) is 0 Å². The highest BCUT2D eigenvalue weighted by atomic mass is 16.6. The van der Waals surface area contributed by atoms with Gasteiger partial charge in [-0.2, -0.15) is 9.97 Å². The number of carbonyl (C=O) groups excluding carboxylic acids is 1. The quantitative estimate of drug-likeness (QED) is 0.360. The van der Waals surface area contributed by atoms with Crippen molar-refractivity contribution in [2.45, 2.75) is 121 Å². The third-order valence-corrected chi connectivity index (χ3v) is 8.56. The molecule has 2 aromatic heterocycles. The Kier molecular flexibility index (Phi) is 9.19. The van der Waals surface area contributed by atoms with Gasteiger partial charge in [-0.3, -0.25) is 0 Å². The van der Waals surface area contributed by atoms with Gasteiger partial charge in [0.1, 0.15) is 0 Å². The molecule has 4 N–H and O–H groups in total. The number of amides is 1. The largest absolute Gasteiger partial charge is 0.449 e. The number of piperidine rings is 1. The number of aromatic nitrogens is 4. The molecule has 3 fully saturated rings. The van der Waals surface area contributed by atoms with Crippen molar-refractivity contribution in [3.63, 3.8) is 0 Å². The molecule has 10 heteroatoms. The summed E-state index contributed by atoms with van der Waals surface area (Å²) in [5.74, 6) is 1.46. The first kappa shape index (κ1) is 27.0. The lowest BCUT2D eigenvalue weighted by Gasteiger charge is -2.32. The third-order valence-electron chi connectivity index (χ3n) is 8.56. The average molecular weight is 527 g/mol. The number of hydrogen-bond donors (Lipinski definition) is 3. The van der Waals surface area contributed by atoms with Crippen molar-refractivity contribution in [1.82, 2.24) is 24.4 Å². The predicted octanol–water partition coefficient (Wildman–Crippen LogP) is 5.22. The second kappa shape index (κ2) is 13.0. The Morgan fingerprint density at radius 2 is 1.71 bits per heavy atom. The second-order valence-electron chi connectivity index (χ2n) is 11.5. The number of imidazole rings is 1. The molecule has 3 aliphatic rings. The van der Waals surface area contributed by atoms with Gasteiger partial charge in [0.2, 0.25) is 5.95 Å². The highest BCUT2D eigenvalue weighted by molar-refractivity contribution is 5.84. The van der Waals surface area contributed by atoms with E-state index in [4.69, 9.17) is 25.4 Å². The van der Waals surface area contributed by atoms with Gasteiger partial charge in [0.15, 0.2) is 17.0 Å². The van der Waals surface area contributed by atoms with Crippen molar-refractivity contribution in [2.24, 2.45) is 5.73 Å². The monoisotopic (exact) mass is 526 g/mol. The minimum atomic E-state index is -0.182. The summed E-state index contributed by atoms with van der Waals surface area (Å²) in [7, 11) is 0. The van der Waals surface area contributed by atoms with E-state index in [1.807, 2.05) is 11.2 Å². The summed E-state index contributed by atoms with van der Waals surface area (Å²) < 4.78 is 7.76.